The standard InChI is InChI=1S/C15H16BrF3Si/c1-20(2,3)11-9-13(8-10-16)12-4-6-14(7-5-12)15(17,18)19/h4-8H,10H2,1-3H3/b13-8-. The van der Waals surface area contributed by atoms with Crippen LogP contribution in [-0.2, 0) is 6.18 Å². The average Bonchev–Trinajstić information content (AvgIpc) is 2.32. The Bertz CT molecular complexity index is 540. The molecule has 0 saturated carbocycles. The van der Waals surface area contributed by atoms with Crippen LogP contribution in [0.25, 0.3) is 5.57 Å². The second kappa shape index (κ2) is 6.64. The Labute approximate surface area is 127 Å². The lowest BCUT2D eigenvalue weighted by Gasteiger charge is -2.08. The van der Waals surface area contributed by atoms with Crippen molar-refractivity contribution in [1.29, 1.82) is 0 Å². The molecule has 0 aliphatic heterocycles. The summed E-state index contributed by atoms with van der Waals surface area (Å²) in [5, 5.41) is 0.615. The van der Waals surface area contributed by atoms with E-state index in [0.717, 1.165) is 17.7 Å². The molecule has 0 fully saturated rings. The fraction of sp³-hybridized carbons (Fsp3) is 0.333. The van der Waals surface area contributed by atoms with Crippen molar-refractivity contribution >= 4 is 29.6 Å². The number of hydrogen-bond acceptors (Lipinski definition) is 0. The van der Waals surface area contributed by atoms with Crippen molar-refractivity contribution in [1.82, 2.24) is 0 Å². The van der Waals surface area contributed by atoms with Gasteiger partial charge in [-0.15, -0.1) is 5.54 Å². The van der Waals surface area contributed by atoms with E-state index in [1.807, 2.05) is 6.08 Å². The van der Waals surface area contributed by atoms with Gasteiger partial charge in [0.2, 0.25) is 0 Å². The lowest BCUT2D eigenvalue weighted by Crippen LogP contribution is -2.16. The van der Waals surface area contributed by atoms with E-state index < -0.39 is 19.8 Å². The molecule has 20 heavy (non-hydrogen) atoms. The second-order valence-corrected chi connectivity index (χ2v) is 10.7. The van der Waals surface area contributed by atoms with E-state index in [9.17, 15) is 13.2 Å². The van der Waals surface area contributed by atoms with E-state index in [1.54, 1.807) is 0 Å². The predicted molar refractivity (Wildman–Crippen MR) is 84.3 cm³/mol. The fourth-order valence-electron chi connectivity index (χ4n) is 1.41. The van der Waals surface area contributed by atoms with Gasteiger partial charge in [-0.25, -0.2) is 0 Å². The SMILES string of the molecule is C[Si](C)(C)C#C/C(=C/CBr)c1ccc(C(F)(F)F)cc1. The summed E-state index contributed by atoms with van der Waals surface area (Å²) in [6.07, 6.45) is -2.43. The third-order valence-corrected chi connectivity index (χ3v) is 3.58. The number of alkyl halides is 4. The Kier molecular flexibility index (Phi) is 5.66. The Morgan fingerprint density at radius 1 is 1.20 bits per heavy atom. The van der Waals surface area contributed by atoms with Gasteiger partial charge in [0.25, 0.3) is 0 Å². The number of hydrogen-bond donors (Lipinski definition) is 0. The first-order chi connectivity index (χ1) is 9.13. The van der Waals surface area contributed by atoms with Crippen LogP contribution in [0.4, 0.5) is 13.2 Å². The summed E-state index contributed by atoms with van der Waals surface area (Å²) >= 11 is 3.30. The lowest BCUT2D eigenvalue weighted by molar-refractivity contribution is -0.137. The number of halogens is 4. The first kappa shape index (κ1) is 17.1. The summed E-state index contributed by atoms with van der Waals surface area (Å²) in [5.41, 5.74) is 4.06. The lowest BCUT2D eigenvalue weighted by atomic mass is 10.0. The normalized spacial score (nSPS) is 12.8. The van der Waals surface area contributed by atoms with Gasteiger partial charge in [-0.05, 0) is 17.7 Å². The Hall–Kier alpha value is -0.993. The third-order valence-electron chi connectivity index (χ3n) is 2.38. The van der Waals surface area contributed by atoms with Gasteiger partial charge in [-0.1, -0.05) is 59.7 Å². The highest BCUT2D eigenvalue weighted by atomic mass is 79.9. The maximum absolute atomic E-state index is 12.5. The van der Waals surface area contributed by atoms with Crippen LogP contribution in [0, 0.1) is 11.5 Å². The molecule has 0 aromatic heterocycles. The minimum atomic E-state index is -4.30. The maximum Gasteiger partial charge on any atom is 0.416 e. The van der Waals surface area contributed by atoms with Crippen LogP contribution >= 0.6 is 15.9 Å². The molecule has 0 aliphatic carbocycles. The Morgan fingerprint density at radius 3 is 2.15 bits per heavy atom. The van der Waals surface area contributed by atoms with Gasteiger partial charge >= 0.3 is 6.18 Å². The van der Waals surface area contributed by atoms with Crippen molar-refractivity contribution < 1.29 is 13.2 Å². The number of allylic oxidation sites excluding steroid dienone is 2. The molecule has 0 N–H and O–H groups in total. The molecule has 1 rings (SSSR count). The summed E-state index contributed by atoms with van der Waals surface area (Å²) in [6.45, 7) is 6.37. The van der Waals surface area contributed by atoms with Crippen LogP contribution in [-0.4, -0.2) is 13.4 Å². The highest BCUT2D eigenvalue weighted by Crippen LogP contribution is 2.30. The van der Waals surface area contributed by atoms with E-state index in [1.165, 1.54) is 12.1 Å². The highest BCUT2D eigenvalue weighted by Gasteiger charge is 2.29. The molecule has 0 heterocycles. The van der Waals surface area contributed by atoms with Crippen LogP contribution in [0.2, 0.25) is 19.6 Å². The molecule has 108 valence electrons. The molecule has 5 heteroatoms. The van der Waals surface area contributed by atoms with Crippen LogP contribution in [0.3, 0.4) is 0 Å². The van der Waals surface area contributed by atoms with E-state index in [2.05, 4.69) is 47.0 Å². The summed E-state index contributed by atoms with van der Waals surface area (Å²) in [6, 6.07) is 5.12. The quantitative estimate of drug-likeness (QED) is 0.378. The fourth-order valence-corrected chi connectivity index (χ4v) is 2.25. The molecule has 0 amide bonds. The monoisotopic (exact) mass is 360 g/mol. The smallest absolute Gasteiger partial charge is 0.166 e. The van der Waals surface area contributed by atoms with E-state index >= 15 is 0 Å². The molecule has 0 saturated heterocycles. The zero-order chi connectivity index (χ0) is 15.4. The van der Waals surface area contributed by atoms with Gasteiger partial charge in [-0.3, -0.25) is 0 Å². The molecular formula is C15H16BrF3Si. The zero-order valence-corrected chi connectivity index (χ0v) is 14.2. The van der Waals surface area contributed by atoms with Crippen LogP contribution in [0.15, 0.2) is 30.3 Å². The van der Waals surface area contributed by atoms with Crippen molar-refractivity contribution in [2.45, 2.75) is 25.8 Å². The van der Waals surface area contributed by atoms with Gasteiger partial charge in [0, 0.05) is 10.9 Å². The molecule has 0 atom stereocenters. The zero-order valence-electron chi connectivity index (χ0n) is 11.6. The van der Waals surface area contributed by atoms with Crippen molar-refractivity contribution in [3.05, 3.63) is 41.5 Å². The molecule has 0 aliphatic rings. The molecule has 0 nitrogen and oxygen atoms in total. The summed E-state index contributed by atoms with van der Waals surface area (Å²) in [7, 11) is -1.52. The first-order valence-electron chi connectivity index (χ1n) is 6.10. The van der Waals surface area contributed by atoms with Crippen molar-refractivity contribution in [2.24, 2.45) is 0 Å². The van der Waals surface area contributed by atoms with Gasteiger partial charge < -0.3 is 0 Å². The van der Waals surface area contributed by atoms with Crippen LogP contribution in [0.1, 0.15) is 11.1 Å². The highest BCUT2D eigenvalue weighted by molar-refractivity contribution is 9.09. The number of benzene rings is 1. The molecule has 0 spiro atoms. The second-order valence-electron chi connectivity index (χ2n) is 5.35. The topological polar surface area (TPSA) is 0 Å². The Balaban J connectivity index is 3.11. The van der Waals surface area contributed by atoms with Crippen LogP contribution < -0.4 is 0 Å². The van der Waals surface area contributed by atoms with Gasteiger partial charge in [0.1, 0.15) is 8.07 Å². The molecule has 1 aromatic carbocycles. The molecule has 1 aromatic rings. The van der Waals surface area contributed by atoms with Crippen molar-refractivity contribution in [3.8, 4) is 11.5 Å². The van der Waals surface area contributed by atoms with Crippen LogP contribution in [0.5, 0.6) is 0 Å². The van der Waals surface area contributed by atoms with E-state index in [4.69, 9.17) is 0 Å². The summed E-state index contributed by atoms with van der Waals surface area (Å²) in [5.74, 6) is 3.10. The summed E-state index contributed by atoms with van der Waals surface area (Å²) in [4.78, 5) is 0. The van der Waals surface area contributed by atoms with Crippen molar-refractivity contribution in [2.75, 3.05) is 5.33 Å². The Morgan fingerprint density at radius 2 is 1.75 bits per heavy atom. The van der Waals surface area contributed by atoms with Gasteiger partial charge in [-0.2, -0.15) is 13.2 Å². The largest absolute Gasteiger partial charge is 0.416 e. The molecule has 0 unspecified atom stereocenters. The molecule has 0 bridgehead atoms. The minimum Gasteiger partial charge on any atom is -0.166 e. The van der Waals surface area contributed by atoms with E-state index in [-0.39, 0.29) is 0 Å². The predicted octanol–water partition coefficient (Wildman–Crippen LogP) is 5.36. The van der Waals surface area contributed by atoms with Crippen molar-refractivity contribution in [3.63, 3.8) is 0 Å². The minimum absolute atomic E-state index is 0.615. The maximum atomic E-state index is 12.5. The van der Waals surface area contributed by atoms with E-state index in [0.29, 0.717) is 10.9 Å². The molecular weight excluding hydrogens is 345 g/mol. The van der Waals surface area contributed by atoms with Gasteiger partial charge in [0.15, 0.2) is 0 Å². The first-order valence-corrected chi connectivity index (χ1v) is 10.7. The average molecular weight is 361 g/mol. The molecule has 0 radical (unpaired) electrons. The summed E-state index contributed by atoms with van der Waals surface area (Å²) < 4.78 is 37.6. The number of rotatable bonds is 2. The van der Waals surface area contributed by atoms with Gasteiger partial charge in [0.05, 0.1) is 5.56 Å². The third kappa shape index (κ3) is 5.56.